The normalized spacial score (nSPS) is 11.8. The maximum atomic E-state index is 12.2. The van der Waals surface area contributed by atoms with Crippen molar-refractivity contribution in [2.75, 3.05) is 7.11 Å². The van der Waals surface area contributed by atoms with E-state index in [1.165, 1.54) is 11.8 Å². The Labute approximate surface area is 181 Å². The van der Waals surface area contributed by atoms with Gasteiger partial charge >= 0.3 is 0 Å². The summed E-state index contributed by atoms with van der Waals surface area (Å²) in [4.78, 5) is 13.3. The van der Waals surface area contributed by atoms with E-state index in [9.17, 15) is 4.79 Å². The predicted octanol–water partition coefficient (Wildman–Crippen LogP) is 4.91. The molecule has 3 aromatic carbocycles. The van der Waals surface area contributed by atoms with Crippen LogP contribution in [0.5, 0.6) is 11.5 Å². The van der Waals surface area contributed by atoms with Crippen LogP contribution in [0.3, 0.4) is 0 Å². The van der Waals surface area contributed by atoms with Crippen LogP contribution in [-0.2, 0) is 11.4 Å². The van der Waals surface area contributed by atoms with E-state index >= 15 is 0 Å². The molecule has 1 N–H and O–H groups in total. The fraction of sp³-hybridized carbons (Fsp3) is 0.167. The van der Waals surface area contributed by atoms with Crippen LogP contribution in [0.1, 0.15) is 18.1 Å². The topological polar surface area (TPSA) is 59.9 Å². The molecule has 30 heavy (non-hydrogen) atoms. The first-order valence-electron chi connectivity index (χ1n) is 9.55. The Balaban J connectivity index is 1.55. The van der Waals surface area contributed by atoms with E-state index in [0.29, 0.717) is 18.1 Å². The highest BCUT2D eigenvalue weighted by molar-refractivity contribution is 8.00. The van der Waals surface area contributed by atoms with E-state index in [-0.39, 0.29) is 11.2 Å². The Bertz CT molecular complexity index is 978. The molecule has 1 atom stereocenters. The lowest BCUT2D eigenvalue weighted by molar-refractivity contribution is -0.120. The van der Waals surface area contributed by atoms with Gasteiger partial charge in [0.15, 0.2) is 11.5 Å². The second-order valence-electron chi connectivity index (χ2n) is 6.49. The van der Waals surface area contributed by atoms with Gasteiger partial charge in [-0.1, -0.05) is 48.5 Å². The van der Waals surface area contributed by atoms with Crippen LogP contribution in [-0.4, -0.2) is 24.5 Å². The molecule has 0 aliphatic rings. The van der Waals surface area contributed by atoms with Crippen LogP contribution >= 0.6 is 11.8 Å². The SMILES string of the molecule is COc1cc(/C=N\NC(=O)[C@@H](C)Sc2ccccc2)ccc1OCc1ccccc1. The first-order valence-corrected chi connectivity index (χ1v) is 10.4. The maximum absolute atomic E-state index is 12.2. The molecule has 154 valence electrons. The van der Waals surface area contributed by atoms with E-state index in [1.54, 1.807) is 13.3 Å². The minimum atomic E-state index is -0.257. The van der Waals surface area contributed by atoms with Crippen molar-refractivity contribution < 1.29 is 14.3 Å². The molecule has 0 aromatic heterocycles. The first-order chi connectivity index (χ1) is 14.7. The molecule has 3 aromatic rings. The number of carbonyl (C=O) groups is 1. The third-order valence-corrected chi connectivity index (χ3v) is 5.35. The summed E-state index contributed by atoms with van der Waals surface area (Å²) in [6.07, 6.45) is 1.58. The largest absolute Gasteiger partial charge is 0.493 e. The van der Waals surface area contributed by atoms with Crippen molar-refractivity contribution in [3.8, 4) is 11.5 Å². The lowest BCUT2D eigenvalue weighted by atomic mass is 10.2. The lowest BCUT2D eigenvalue weighted by Crippen LogP contribution is -2.26. The second kappa shape index (κ2) is 11.1. The number of nitrogens with zero attached hydrogens (tertiary/aromatic N) is 1. The number of hydrazone groups is 1. The van der Waals surface area contributed by atoms with Gasteiger partial charge in [-0.05, 0) is 48.4 Å². The average molecular weight is 421 g/mol. The first kappa shape index (κ1) is 21.5. The summed E-state index contributed by atoms with van der Waals surface area (Å²) in [6, 6.07) is 25.3. The molecule has 6 heteroatoms. The van der Waals surface area contributed by atoms with Crippen LogP contribution in [0.25, 0.3) is 0 Å². The molecule has 1 amide bonds. The van der Waals surface area contributed by atoms with Crippen molar-refractivity contribution in [1.82, 2.24) is 5.43 Å². The summed E-state index contributed by atoms with van der Waals surface area (Å²) in [7, 11) is 1.59. The molecule has 0 aliphatic heterocycles. The predicted molar refractivity (Wildman–Crippen MR) is 121 cm³/mol. The minimum absolute atomic E-state index is 0.158. The van der Waals surface area contributed by atoms with Gasteiger partial charge in [0.2, 0.25) is 0 Å². The second-order valence-corrected chi connectivity index (χ2v) is 7.91. The number of nitrogens with one attached hydrogen (secondary N) is 1. The zero-order chi connectivity index (χ0) is 21.2. The zero-order valence-electron chi connectivity index (χ0n) is 16.9. The van der Waals surface area contributed by atoms with Gasteiger partial charge < -0.3 is 9.47 Å². The molecule has 0 spiro atoms. The highest BCUT2D eigenvalue weighted by Gasteiger charge is 2.13. The number of amides is 1. The summed E-state index contributed by atoms with van der Waals surface area (Å²) < 4.78 is 11.3. The summed E-state index contributed by atoms with van der Waals surface area (Å²) >= 11 is 1.49. The standard InChI is InChI=1S/C24H24N2O3S/c1-18(30-21-11-7-4-8-12-21)24(27)26-25-16-20-13-14-22(23(15-20)28-2)29-17-19-9-5-3-6-10-19/h3-16,18H,17H2,1-2H3,(H,26,27)/b25-16-/t18-/m1/s1. The summed E-state index contributed by atoms with van der Waals surface area (Å²) in [6.45, 7) is 2.31. The number of carbonyl (C=O) groups excluding carboxylic acids is 1. The third kappa shape index (κ3) is 6.39. The quantitative estimate of drug-likeness (QED) is 0.304. The molecule has 0 unspecified atom stereocenters. The molecule has 0 saturated heterocycles. The lowest BCUT2D eigenvalue weighted by Gasteiger charge is -2.11. The van der Waals surface area contributed by atoms with E-state index in [2.05, 4.69) is 10.5 Å². The van der Waals surface area contributed by atoms with Crippen molar-refractivity contribution in [3.63, 3.8) is 0 Å². The monoisotopic (exact) mass is 420 g/mol. The fourth-order valence-electron chi connectivity index (χ4n) is 2.64. The highest BCUT2D eigenvalue weighted by Crippen LogP contribution is 2.28. The molecule has 0 aliphatic carbocycles. The van der Waals surface area contributed by atoms with Gasteiger partial charge in [0, 0.05) is 4.90 Å². The maximum Gasteiger partial charge on any atom is 0.253 e. The Morgan fingerprint density at radius 3 is 2.43 bits per heavy atom. The highest BCUT2D eigenvalue weighted by atomic mass is 32.2. The molecule has 3 rings (SSSR count). The smallest absolute Gasteiger partial charge is 0.253 e. The molecule has 5 nitrogen and oxygen atoms in total. The van der Waals surface area contributed by atoms with Crippen molar-refractivity contribution in [2.45, 2.75) is 23.7 Å². The number of rotatable bonds is 9. The zero-order valence-corrected chi connectivity index (χ0v) is 17.8. The van der Waals surface area contributed by atoms with Crippen molar-refractivity contribution >= 4 is 23.9 Å². The van der Waals surface area contributed by atoms with E-state index in [1.807, 2.05) is 85.8 Å². The van der Waals surface area contributed by atoms with Gasteiger partial charge in [-0.3, -0.25) is 4.79 Å². The molecule has 0 saturated carbocycles. The fourth-order valence-corrected chi connectivity index (χ4v) is 3.52. The van der Waals surface area contributed by atoms with Gasteiger partial charge in [-0.25, -0.2) is 5.43 Å². The number of thioether (sulfide) groups is 1. The van der Waals surface area contributed by atoms with Crippen LogP contribution in [0.15, 0.2) is 88.9 Å². The van der Waals surface area contributed by atoms with Crippen molar-refractivity contribution in [2.24, 2.45) is 5.10 Å². The van der Waals surface area contributed by atoms with Gasteiger partial charge in [0.25, 0.3) is 5.91 Å². The van der Waals surface area contributed by atoms with Crippen molar-refractivity contribution in [3.05, 3.63) is 90.0 Å². The van der Waals surface area contributed by atoms with Crippen LogP contribution in [0.2, 0.25) is 0 Å². The van der Waals surface area contributed by atoms with Crippen molar-refractivity contribution in [1.29, 1.82) is 0 Å². The average Bonchev–Trinajstić information content (AvgIpc) is 2.79. The van der Waals surface area contributed by atoms with Gasteiger partial charge in [-0.2, -0.15) is 5.10 Å². The van der Waals surface area contributed by atoms with E-state index in [4.69, 9.17) is 9.47 Å². The Kier molecular flexibility index (Phi) is 7.92. The minimum Gasteiger partial charge on any atom is -0.493 e. The number of hydrogen-bond donors (Lipinski definition) is 1. The summed E-state index contributed by atoms with van der Waals surface area (Å²) in [5.41, 5.74) is 4.46. The molecular formula is C24H24N2O3S. The number of methoxy groups -OCH3 is 1. The molecule has 0 radical (unpaired) electrons. The molecular weight excluding hydrogens is 396 g/mol. The Morgan fingerprint density at radius 1 is 1.03 bits per heavy atom. The number of benzene rings is 3. The summed E-state index contributed by atoms with van der Waals surface area (Å²) in [5, 5.41) is 3.81. The van der Waals surface area contributed by atoms with Crippen LogP contribution in [0, 0.1) is 0 Å². The number of hydrogen-bond acceptors (Lipinski definition) is 5. The van der Waals surface area contributed by atoms with Gasteiger partial charge in [0.1, 0.15) is 6.61 Å². The van der Waals surface area contributed by atoms with Gasteiger partial charge in [0.05, 0.1) is 18.6 Å². The van der Waals surface area contributed by atoms with E-state index in [0.717, 1.165) is 16.0 Å². The third-order valence-electron chi connectivity index (χ3n) is 4.24. The molecule has 0 fully saturated rings. The van der Waals surface area contributed by atoms with Crippen LogP contribution < -0.4 is 14.9 Å². The van der Waals surface area contributed by atoms with Gasteiger partial charge in [-0.15, -0.1) is 11.8 Å². The Morgan fingerprint density at radius 2 is 1.73 bits per heavy atom. The number of ether oxygens (including phenoxy) is 2. The van der Waals surface area contributed by atoms with E-state index < -0.39 is 0 Å². The Hall–Kier alpha value is -3.25. The molecule has 0 heterocycles. The summed E-state index contributed by atoms with van der Waals surface area (Å²) in [5.74, 6) is 1.10. The van der Waals surface area contributed by atoms with Crippen LogP contribution in [0.4, 0.5) is 0 Å². The molecule has 0 bridgehead atoms.